The Morgan fingerprint density at radius 3 is 2.26 bits per heavy atom. The largest absolute Gasteiger partial charge is 0.372 e. The molecule has 27 heavy (non-hydrogen) atoms. The molecule has 2 N–H and O–H groups in total. The Bertz CT molecular complexity index is 929. The molecule has 0 bridgehead atoms. The fourth-order valence-corrected chi connectivity index (χ4v) is 3.16. The Kier molecular flexibility index (Phi) is 5.91. The molecule has 0 atom stereocenters. The highest BCUT2D eigenvalue weighted by Crippen LogP contribution is 2.20. The minimum absolute atomic E-state index is 0.103. The van der Waals surface area contributed by atoms with Gasteiger partial charge in [0.05, 0.1) is 5.69 Å². The molecule has 3 aromatic rings. The Labute approximate surface area is 160 Å². The zero-order valence-electron chi connectivity index (χ0n) is 16.1. The molecule has 5 nitrogen and oxygen atoms in total. The van der Waals surface area contributed by atoms with Crippen molar-refractivity contribution in [3.05, 3.63) is 81.8 Å². The molecule has 5 heteroatoms. The molecule has 0 aliphatic heterocycles. The van der Waals surface area contributed by atoms with Crippen molar-refractivity contribution in [3.8, 4) is 0 Å². The number of aryl methyl sites for hydroxylation is 1. The lowest BCUT2D eigenvalue weighted by Crippen LogP contribution is -2.21. The maximum Gasteiger partial charge on any atom is 0.256 e. The van der Waals surface area contributed by atoms with Crippen LogP contribution in [0.5, 0.6) is 0 Å². The lowest BCUT2D eigenvalue weighted by molar-refractivity contribution is 0.866. The van der Waals surface area contributed by atoms with Gasteiger partial charge >= 0.3 is 0 Å². The molecule has 140 valence electrons. The van der Waals surface area contributed by atoms with Crippen LogP contribution in [0.2, 0.25) is 0 Å². The number of hydrogen-bond donors (Lipinski definition) is 2. The molecule has 3 rings (SSSR count). The van der Waals surface area contributed by atoms with E-state index >= 15 is 0 Å². The minimum Gasteiger partial charge on any atom is -0.372 e. The number of benzene rings is 2. The van der Waals surface area contributed by atoms with Crippen molar-refractivity contribution in [1.29, 1.82) is 0 Å². The molecular formula is C22H26N4O. The SMILES string of the molecule is CCN(CC)c1ccc(Nc2nc(C)c(Cc3ccccc3)c(=O)[nH]2)cc1. The predicted octanol–water partition coefficient (Wildman–Crippen LogP) is 4.26. The summed E-state index contributed by atoms with van der Waals surface area (Å²) in [7, 11) is 0. The average Bonchev–Trinajstić information content (AvgIpc) is 2.68. The third-order valence-electron chi connectivity index (χ3n) is 4.70. The summed E-state index contributed by atoms with van der Waals surface area (Å²) in [6.07, 6.45) is 0.577. The van der Waals surface area contributed by atoms with Gasteiger partial charge < -0.3 is 10.2 Å². The summed E-state index contributed by atoms with van der Waals surface area (Å²) in [6.45, 7) is 8.11. The second kappa shape index (κ2) is 8.54. The third kappa shape index (κ3) is 4.56. The van der Waals surface area contributed by atoms with Gasteiger partial charge in [-0.05, 0) is 50.6 Å². The average molecular weight is 362 g/mol. The number of aromatic nitrogens is 2. The molecule has 0 aliphatic carbocycles. The highest BCUT2D eigenvalue weighted by molar-refractivity contribution is 5.59. The molecule has 0 unspecified atom stereocenters. The van der Waals surface area contributed by atoms with E-state index in [1.165, 1.54) is 5.69 Å². The molecule has 1 heterocycles. The van der Waals surface area contributed by atoms with Gasteiger partial charge in [-0.1, -0.05) is 30.3 Å². The van der Waals surface area contributed by atoms with Gasteiger partial charge in [0.15, 0.2) is 0 Å². The van der Waals surface area contributed by atoms with Crippen molar-refractivity contribution in [1.82, 2.24) is 9.97 Å². The van der Waals surface area contributed by atoms with Crippen LogP contribution in [0.4, 0.5) is 17.3 Å². The first-order valence-corrected chi connectivity index (χ1v) is 9.36. The third-order valence-corrected chi connectivity index (χ3v) is 4.70. The Hall–Kier alpha value is -3.08. The fourth-order valence-electron chi connectivity index (χ4n) is 3.16. The van der Waals surface area contributed by atoms with Crippen LogP contribution in [0, 0.1) is 6.92 Å². The zero-order valence-corrected chi connectivity index (χ0v) is 16.1. The van der Waals surface area contributed by atoms with Crippen molar-refractivity contribution in [2.45, 2.75) is 27.2 Å². The van der Waals surface area contributed by atoms with E-state index in [0.717, 1.165) is 30.0 Å². The van der Waals surface area contributed by atoms with Crippen LogP contribution < -0.4 is 15.8 Å². The van der Waals surface area contributed by atoms with Gasteiger partial charge in [0, 0.05) is 36.4 Å². The molecule has 2 aromatic carbocycles. The minimum atomic E-state index is -0.103. The fraction of sp³-hybridized carbons (Fsp3) is 0.273. The summed E-state index contributed by atoms with van der Waals surface area (Å²) < 4.78 is 0. The smallest absolute Gasteiger partial charge is 0.256 e. The second-order valence-electron chi connectivity index (χ2n) is 6.49. The molecule has 0 saturated carbocycles. The highest BCUT2D eigenvalue weighted by Gasteiger charge is 2.09. The zero-order chi connectivity index (χ0) is 19.2. The van der Waals surface area contributed by atoms with Crippen LogP contribution in [-0.2, 0) is 6.42 Å². The van der Waals surface area contributed by atoms with Gasteiger partial charge in [-0.15, -0.1) is 0 Å². The van der Waals surface area contributed by atoms with E-state index < -0.39 is 0 Å². The van der Waals surface area contributed by atoms with Crippen LogP contribution in [0.1, 0.15) is 30.7 Å². The molecule has 0 amide bonds. The van der Waals surface area contributed by atoms with Crippen molar-refractivity contribution >= 4 is 17.3 Å². The van der Waals surface area contributed by atoms with Gasteiger partial charge in [0.2, 0.25) is 5.95 Å². The number of nitrogens with one attached hydrogen (secondary N) is 2. The van der Waals surface area contributed by atoms with Crippen molar-refractivity contribution in [2.75, 3.05) is 23.3 Å². The Balaban J connectivity index is 1.77. The summed E-state index contributed by atoms with van der Waals surface area (Å²) in [5, 5.41) is 3.19. The molecule has 0 saturated heterocycles. The maximum atomic E-state index is 12.5. The normalized spacial score (nSPS) is 10.6. The molecule has 0 radical (unpaired) electrons. The maximum absolute atomic E-state index is 12.5. The number of H-pyrrole nitrogens is 1. The van der Waals surface area contributed by atoms with E-state index in [4.69, 9.17) is 0 Å². The van der Waals surface area contributed by atoms with Crippen LogP contribution >= 0.6 is 0 Å². The van der Waals surface area contributed by atoms with E-state index in [-0.39, 0.29) is 5.56 Å². The van der Waals surface area contributed by atoms with E-state index in [0.29, 0.717) is 17.9 Å². The lowest BCUT2D eigenvalue weighted by Gasteiger charge is -2.21. The number of rotatable bonds is 7. The quantitative estimate of drug-likeness (QED) is 0.659. The number of aromatic amines is 1. The molecular weight excluding hydrogens is 336 g/mol. The van der Waals surface area contributed by atoms with Gasteiger partial charge in [0.25, 0.3) is 5.56 Å². The molecule has 0 fully saturated rings. The summed E-state index contributed by atoms with van der Waals surface area (Å²) in [5.41, 5.74) is 4.51. The monoisotopic (exact) mass is 362 g/mol. The molecule has 0 aliphatic rings. The lowest BCUT2D eigenvalue weighted by atomic mass is 10.1. The van der Waals surface area contributed by atoms with Crippen LogP contribution in [-0.4, -0.2) is 23.1 Å². The first-order valence-electron chi connectivity index (χ1n) is 9.36. The first kappa shape index (κ1) is 18.7. The second-order valence-corrected chi connectivity index (χ2v) is 6.49. The van der Waals surface area contributed by atoms with E-state index in [2.05, 4.69) is 46.2 Å². The topological polar surface area (TPSA) is 61.0 Å². The van der Waals surface area contributed by atoms with E-state index in [9.17, 15) is 4.79 Å². The van der Waals surface area contributed by atoms with Crippen molar-refractivity contribution in [3.63, 3.8) is 0 Å². The standard InChI is InChI=1S/C22H26N4O/c1-4-26(5-2)19-13-11-18(12-14-19)24-22-23-16(3)20(21(27)25-22)15-17-9-7-6-8-10-17/h6-14H,4-5,15H2,1-3H3,(H2,23,24,25,27). The summed E-state index contributed by atoms with van der Waals surface area (Å²) in [6, 6.07) is 18.1. The Morgan fingerprint density at radius 1 is 1.00 bits per heavy atom. The van der Waals surface area contributed by atoms with Crippen LogP contribution in [0.25, 0.3) is 0 Å². The number of anilines is 3. The highest BCUT2D eigenvalue weighted by atomic mass is 16.1. The number of nitrogens with zero attached hydrogens (tertiary/aromatic N) is 2. The summed E-state index contributed by atoms with van der Waals surface area (Å²) in [5.74, 6) is 0.463. The Morgan fingerprint density at radius 2 is 1.67 bits per heavy atom. The van der Waals surface area contributed by atoms with Gasteiger partial charge in [-0.2, -0.15) is 0 Å². The predicted molar refractivity (Wildman–Crippen MR) is 112 cm³/mol. The van der Waals surface area contributed by atoms with Crippen molar-refractivity contribution < 1.29 is 0 Å². The van der Waals surface area contributed by atoms with Gasteiger partial charge in [0.1, 0.15) is 0 Å². The molecule has 0 spiro atoms. The molecule has 1 aromatic heterocycles. The van der Waals surface area contributed by atoms with Crippen molar-refractivity contribution in [2.24, 2.45) is 0 Å². The summed E-state index contributed by atoms with van der Waals surface area (Å²) in [4.78, 5) is 22.2. The van der Waals surface area contributed by atoms with E-state index in [1.807, 2.05) is 49.4 Å². The van der Waals surface area contributed by atoms with E-state index in [1.54, 1.807) is 0 Å². The first-order chi connectivity index (χ1) is 13.1. The van der Waals surface area contributed by atoms with Crippen LogP contribution in [0.15, 0.2) is 59.4 Å². The van der Waals surface area contributed by atoms with Gasteiger partial charge in [-0.25, -0.2) is 4.98 Å². The summed E-state index contributed by atoms with van der Waals surface area (Å²) >= 11 is 0. The van der Waals surface area contributed by atoms with Gasteiger partial charge in [-0.3, -0.25) is 9.78 Å². The number of hydrogen-bond acceptors (Lipinski definition) is 4. The van der Waals surface area contributed by atoms with Crippen LogP contribution in [0.3, 0.4) is 0 Å².